The van der Waals surface area contributed by atoms with Gasteiger partial charge in [-0.25, -0.2) is 0 Å². The van der Waals surface area contributed by atoms with Gasteiger partial charge in [0, 0.05) is 13.5 Å². The third-order valence-electron chi connectivity index (χ3n) is 6.51. The highest BCUT2D eigenvalue weighted by atomic mass is 16.6. The molecule has 1 saturated heterocycles. The van der Waals surface area contributed by atoms with Crippen LogP contribution in [0.5, 0.6) is 11.5 Å². The number of amides is 3. The third kappa shape index (κ3) is 3.18. The van der Waals surface area contributed by atoms with Crippen molar-refractivity contribution in [1.29, 1.82) is 0 Å². The standard InChI is InChI=1S/C24H25N3O5/c1-24-12-11-21(28)27(24)18-8-4-3-7-17(18)23(30)26(24)14-22(29)25(2)13-16-15-31-19-9-5-6-10-20(19)32-16/h3-10,16H,11-15H2,1-2H3. The lowest BCUT2D eigenvalue weighted by Gasteiger charge is -2.48. The molecule has 8 heteroatoms. The molecule has 0 N–H and O–H groups in total. The maximum atomic E-state index is 13.3. The first kappa shape index (κ1) is 20.4. The molecule has 166 valence electrons. The molecule has 0 radical (unpaired) electrons. The van der Waals surface area contributed by atoms with Gasteiger partial charge in [-0.3, -0.25) is 19.3 Å². The summed E-state index contributed by atoms with van der Waals surface area (Å²) in [5.41, 5.74) is 0.199. The third-order valence-corrected chi connectivity index (χ3v) is 6.51. The number of nitrogens with zero attached hydrogens (tertiary/aromatic N) is 3. The summed E-state index contributed by atoms with van der Waals surface area (Å²) in [6, 6.07) is 14.5. The van der Waals surface area contributed by atoms with E-state index in [0.29, 0.717) is 48.7 Å². The van der Waals surface area contributed by atoms with Crippen molar-refractivity contribution in [1.82, 2.24) is 9.80 Å². The second-order valence-corrected chi connectivity index (χ2v) is 8.63. The number of benzene rings is 2. The molecule has 0 saturated carbocycles. The van der Waals surface area contributed by atoms with E-state index >= 15 is 0 Å². The maximum absolute atomic E-state index is 13.3. The fourth-order valence-corrected chi connectivity index (χ4v) is 4.76. The van der Waals surface area contributed by atoms with Gasteiger partial charge < -0.3 is 19.3 Å². The number of ether oxygens (including phenoxy) is 2. The van der Waals surface area contributed by atoms with Gasteiger partial charge >= 0.3 is 0 Å². The van der Waals surface area contributed by atoms with Gasteiger partial charge in [0.2, 0.25) is 11.8 Å². The minimum absolute atomic E-state index is 0.0373. The van der Waals surface area contributed by atoms with E-state index in [1.807, 2.05) is 37.3 Å². The Bertz CT molecular complexity index is 1100. The summed E-state index contributed by atoms with van der Waals surface area (Å²) in [5, 5.41) is 0. The predicted molar refractivity (Wildman–Crippen MR) is 117 cm³/mol. The molecule has 0 aliphatic carbocycles. The zero-order chi connectivity index (χ0) is 22.5. The van der Waals surface area contributed by atoms with Crippen LogP contribution in [0, 0.1) is 0 Å². The summed E-state index contributed by atoms with van der Waals surface area (Å²) in [6.07, 6.45) is 0.515. The molecule has 5 rings (SSSR count). The topological polar surface area (TPSA) is 79.4 Å². The summed E-state index contributed by atoms with van der Waals surface area (Å²) in [7, 11) is 1.69. The Labute approximate surface area is 186 Å². The van der Waals surface area contributed by atoms with E-state index in [1.165, 1.54) is 4.90 Å². The van der Waals surface area contributed by atoms with E-state index in [2.05, 4.69) is 0 Å². The second-order valence-electron chi connectivity index (χ2n) is 8.63. The number of likely N-dealkylation sites (N-methyl/N-ethyl adjacent to an activating group) is 1. The Hall–Kier alpha value is -3.55. The van der Waals surface area contributed by atoms with Crippen molar-refractivity contribution in [2.24, 2.45) is 0 Å². The Balaban J connectivity index is 1.33. The van der Waals surface area contributed by atoms with Gasteiger partial charge in [-0.2, -0.15) is 0 Å². The highest BCUT2D eigenvalue weighted by Gasteiger charge is 2.53. The molecule has 32 heavy (non-hydrogen) atoms. The zero-order valence-electron chi connectivity index (χ0n) is 18.1. The Kier molecular flexibility index (Phi) is 4.80. The molecule has 3 aliphatic rings. The summed E-state index contributed by atoms with van der Waals surface area (Å²) < 4.78 is 11.7. The summed E-state index contributed by atoms with van der Waals surface area (Å²) in [6.45, 7) is 2.40. The molecule has 0 bridgehead atoms. The van der Waals surface area contributed by atoms with Crippen molar-refractivity contribution in [2.75, 3.05) is 31.6 Å². The van der Waals surface area contributed by atoms with Gasteiger partial charge in [-0.05, 0) is 37.6 Å². The van der Waals surface area contributed by atoms with Crippen LogP contribution in [0.4, 0.5) is 5.69 Å². The van der Waals surface area contributed by atoms with Crippen molar-refractivity contribution < 1.29 is 23.9 Å². The van der Waals surface area contributed by atoms with Gasteiger partial charge in [0.25, 0.3) is 5.91 Å². The number of rotatable bonds is 4. The van der Waals surface area contributed by atoms with Crippen molar-refractivity contribution in [3.63, 3.8) is 0 Å². The number of hydrogen-bond acceptors (Lipinski definition) is 5. The molecule has 3 amide bonds. The van der Waals surface area contributed by atoms with Crippen LogP contribution in [-0.4, -0.2) is 66.0 Å². The van der Waals surface area contributed by atoms with E-state index in [4.69, 9.17) is 9.47 Å². The summed E-state index contributed by atoms with van der Waals surface area (Å²) in [4.78, 5) is 43.9. The van der Waals surface area contributed by atoms with Crippen molar-refractivity contribution in [3.8, 4) is 11.5 Å². The largest absolute Gasteiger partial charge is 0.486 e. The summed E-state index contributed by atoms with van der Waals surface area (Å²) in [5.74, 6) is 0.849. The van der Waals surface area contributed by atoms with E-state index in [-0.39, 0.29) is 30.4 Å². The van der Waals surface area contributed by atoms with Crippen LogP contribution in [0.25, 0.3) is 0 Å². The monoisotopic (exact) mass is 435 g/mol. The first-order valence-corrected chi connectivity index (χ1v) is 10.7. The van der Waals surface area contributed by atoms with Gasteiger partial charge in [0.15, 0.2) is 17.6 Å². The molecule has 2 unspecified atom stereocenters. The molecule has 2 aromatic rings. The number of carbonyl (C=O) groups excluding carboxylic acids is 3. The molecule has 3 aliphatic heterocycles. The van der Waals surface area contributed by atoms with E-state index < -0.39 is 5.66 Å². The van der Waals surface area contributed by atoms with Gasteiger partial charge in [0.05, 0.1) is 17.8 Å². The number of hydrogen-bond donors (Lipinski definition) is 0. The molecule has 8 nitrogen and oxygen atoms in total. The number of fused-ring (bicyclic) bond motifs is 4. The van der Waals surface area contributed by atoms with E-state index in [9.17, 15) is 14.4 Å². The zero-order valence-corrected chi connectivity index (χ0v) is 18.1. The van der Waals surface area contributed by atoms with Crippen LogP contribution in [0.2, 0.25) is 0 Å². The average Bonchev–Trinajstić information content (AvgIpc) is 3.11. The lowest BCUT2D eigenvalue weighted by Crippen LogP contribution is -2.64. The van der Waals surface area contributed by atoms with Crippen molar-refractivity contribution in [3.05, 3.63) is 54.1 Å². The molecule has 1 fully saturated rings. The van der Waals surface area contributed by atoms with Crippen molar-refractivity contribution in [2.45, 2.75) is 31.5 Å². The molecule has 0 aromatic heterocycles. The Morgan fingerprint density at radius 2 is 1.84 bits per heavy atom. The Morgan fingerprint density at radius 3 is 2.66 bits per heavy atom. The lowest BCUT2D eigenvalue weighted by molar-refractivity contribution is -0.133. The minimum atomic E-state index is -0.859. The number of carbonyl (C=O) groups is 3. The first-order valence-electron chi connectivity index (χ1n) is 10.7. The summed E-state index contributed by atoms with van der Waals surface area (Å²) >= 11 is 0. The van der Waals surface area contributed by atoms with Gasteiger partial charge in [0.1, 0.15) is 18.8 Å². The van der Waals surface area contributed by atoms with Crippen LogP contribution in [0.1, 0.15) is 30.1 Å². The first-order chi connectivity index (χ1) is 15.4. The molecule has 2 atom stereocenters. The van der Waals surface area contributed by atoms with Crippen molar-refractivity contribution >= 4 is 23.4 Å². The molecular formula is C24H25N3O5. The van der Waals surface area contributed by atoms with E-state index in [0.717, 1.165) is 0 Å². The number of anilines is 1. The Morgan fingerprint density at radius 1 is 1.12 bits per heavy atom. The molecular weight excluding hydrogens is 410 g/mol. The van der Waals surface area contributed by atoms with Gasteiger partial charge in [-0.1, -0.05) is 24.3 Å². The van der Waals surface area contributed by atoms with Crippen LogP contribution in [-0.2, 0) is 9.59 Å². The number of para-hydroxylation sites is 3. The van der Waals surface area contributed by atoms with Crippen LogP contribution in [0.15, 0.2) is 48.5 Å². The SMILES string of the molecule is CN(CC1COc2ccccc2O1)C(=O)CN1C(=O)c2ccccc2N2C(=O)CCC12C. The van der Waals surface area contributed by atoms with E-state index in [1.54, 1.807) is 35.0 Å². The predicted octanol–water partition coefficient (Wildman–Crippen LogP) is 2.28. The fraction of sp³-hybridized carbons (Fsp3) is 0.375. The quantitative estimate of drug-likeness (QED) is 0.736. The minimum Gasteiger partial charge on any atom is -0.486 e. The highest BCUT2D eigenvalue weighted by molar-refractivity contribution is 6.11. The van der Waals surface area contributed by atoms with Crippen LogP contribution < -0.4 is 14.4 Å². The molecule has 2 aromatic carbocycles. The molecule has 0 spiro atoms. The second kappa shape index (κ2) is 7.55. The normalized spacial score (nSPS) is 23.6. The van der Waals surface area contributed by atoms with Gasteiger partial charge in [-0.15, -0.1) is 0 Å². The highest BCUT2D eigenvalue weighted by Crippen LogP contribution is 2.43. The maximum Gasteiger partial charge on any atom is 0.258 e. The average molecular weight is 435 g/mol. The van der Waals surface area contributed by atoms with Crippen LogP contribution in [0.3, 0.4) is 0 Å². The van der Waals surface area contributed by atoms with Crippen LogP contribution >= 0.6 is 0 Å². The lowest BCUT2D eigenvalue weighted by atomic mass is 9.98. The smallest absolute Gasteiger partial charge is 0.258 e. The fourth-order valence-electron chi connectivity index (χ4n) is 4.76. The molecule has 3 heterocycles.